The monoisotopic (exact) mass is 266 g/mol. The molecular weight excluding hydrogens is 236 g/mol. The van der Waals surface area contributed by atoms with Crippen LogP contribution in [0.4, 0.5) is 0 Å². The molecule has 0 amide bonds. The molecule has 2 aliphatic rings. The predicted octanol–water partition coefficient (Wildman–Crippen LogP) is 4.37. The summed E-state index contributed by atoms with van der Waals surface area (Å²) in [4.78, 5) is 12.3. The van der Waals surface area contributed by atoms with Crippen molar-refractivity contribution in [3.05, 3.63) is 0 Å². The first-order valence-electron chi connectivity index (χ1n) is 8.40. The van der Waals surface area contributed by atoms with Crippen molar-refractivity contribution in [2.24, 2.45) is 17.8 Å². The van der Waals surface area contributed by atoms with E-state index in [-0.39, 0.29) is 0 Å². The van der Waals surface area contributed by atoms with Gasteiger partial charge in [0.2, 0.25) is 0 Å². The minimum absolute atomic E-state index is 0.390. The number of ether oxygens (including phenoxy) is 1. The van der Waals surface area contributed by atoms with E-state index in [1.54, 1.807) is 0 Å². The molecule has 1 aliphatic carbocycles. The maximum atomic E-state index is 12.3. The quantitative estimate of drug-likeness (QED) is 0.713. The smallest absolute Gasteiger partial charge is 0.136 e. The van der Waals surface area contributed by atoms with Crippen LogP contribution in [0.2, 0.25) is 0 Å². The van der Waals surface area contributed by atoms with Crippen LogP contribution in [0.3, 0.4) is 0 Å². The number of ketones is 1. The molecule has 1 aliphatic heterocycles. The molecule has 2 fully saturated rings. The lowest BCUT2D eigenvalue weighted by Gasteiger charge is -2.29. The summed E-state index contributed by atoms with van der Waals surface area (Å²) in [5.41, 5.74) is 0. The van der Waals surface area contributed by atoms with Crippen LogP contribution >= 0.6 is 0 Å². The molecule has 0 atom stereocenters. The predicted molar refractivity (Wildman–Crippen MR) is 78.1 cm³/mol. The summed E-state index contributed by atoms with van der Waals surface area (Å²) < 4.78 is 5.37. The van der Waals surface area contributed by atoms with Crippen molar-refractivity contribution in [3.8, 4) is 0 Å². The lowest BCUT2D eigenvalue weighted by atomic mass is 9.76. The van der Waals surface area contributed by atoms with E-state index in [0.717, 1.165) is 51.2 Å². The molecule has 0 bridgehead atoms. The molecular formula is C17H30O2. The highest BCUT2D eigenvalue weighted by Crippen LogP contribution is 2.34. The first kappa shape index (κ1) is 15.0. The van der Waals surface area contributed by atoms with Crippen LogP contribution in [0.25, 0.3) is 0 Å². The van der Waals surface area contributed by atoms with Crippen molar-refractivity contribution in [2.45, 2.75) is 71.1 Å². The van der Waals surface area contributed by atoms with Crippen molar-refractivity contribution < 1.29 is 9.53 Å². The molecule has 0 aromatic carbocycles. The summed E-state index contributed by atoms with van der Waals surface area (Å²) >= 11 is 0. The summed E-state index contributed by atoms with van der Waals surface area (Å²) in [5, 5.41) is 0. The maximum Gasteiger partial charge on any atom is 0.136 e. The van der Waals surface area contributed by atoms with Crippen molar-refractivity contribution >= 4 is 5.78 Å². The van der Waals surface area contributed by atoms with Gasteiger partial charge in [-0.15, -0.1) is 0 Å². The van der Waals surface area contributed by atoms with Gasteiger partial charge in [0.1, 0.15) is 5.78 Å². The largest absolute Gasteiger partial charge is 0.381 e. The summed E-state index contributed by atoms with van der Waals surface area (Å²) in [7, 11) is 0. The van der Waals surface area contributed by atoms with Gasteiger partial charge in [-0.2, -0.15) is 0 Å². The number of carbonyl (C=O) groups excluding carboxylic acids is 1. The Balaban J connectivity index is 1.67. The van der Waals surface area contributed by atoms with Gasteiger partial charge in [0.15, 0.2) is 0 Å². The Labute approximate surface area is 118 Å². The zero-order chi connectivity index (χ0) is 13.5. The average Bonchev–Trinajstić information content (AvgIpc) is 2.46. The standard InChI is InChI=1S/C17H30O2/c1-2-3-4-14-5-7-16(8-6-14)17(18)13-15-9-11-19-12-10-15/h14-16H,2-13H2,1H3. The van der Waals surface area contributed by atoms with Gasteiger partial charge in [0.05, 0.1) is 0 Å². The molecule has 0 radical (unpaired) electrons. The Morgan fingerprint density at radius 2 is 1.68 bits per heavy atom. The minimum Gasteiger partial charge on any atom is -0.381 e. The number of hydrogen-bond acceptors (Lipinski definition) is 2. The molecule has 2 nitrogen and oxygen atoms in total. The number of carbonyl (C=O) groups is 1. The molecule has 0 unspecified atom stereocenters. The third-order valence-corrected chi connectivity index (χ3v) is 5.10. The second-order valence-corrected chi connectivity index (χ2v) is 6.59. The second kappa shape index (κ2) is 8.04. The lowest BCUT2D eigenvalue weighted by Crippen LogP contribution is -2.26. The van der Waals surface area contributed by atoms with Crippen LogP contribution < -0.4 is 0 Å². The fraction of sp³-hybridized carbons (Fsp3) is 0.941. The molecule has 2 heteroatoms. The van der Waals surface area contributed by atoms with Crippen LogP contribution in [0.1, 0.15) is 71.1 Å². The van der Waals surface area contributed by atoms with Gasteiger partial charge in [0, 0.05) is 25.6 Å². The van der Waals surface area contributed by atoms with Crippen LogP contribution in [0.5, 0.6) is 0 Å². The van der Waals surface area contributed by atoms with Gasteiger partial charge >= 0.3 is 0 Å². The van der Waals surface area contributed by atoms with Gasteiger partial charge < -0.3 is 4.74 Å². The Bertz CT molecular complexity index is 260. The van der Waals surface area contributed by atoms with Gasteiger partial charge in [-0.05, 0) is 50.4 Å². The van der Waals surface area contributed by atoms with E-state index >= 15 is 0 Å². The highest BCUT2D eigenvalue weighted by Gasteiger charge is 2.27. The van der Waals surface area contributed by atoms with Crippen molar-refractivity contribution in [3.63, 3.8) is 0 Å². The van der Waals surface area contributed by atoms with Crippen LogP contribution in [0.15, 0.2) is 0 Å². The minimum atomic E-state index is 0.390. The summed E-state index contributed by atoms with van der Waals surface area (Å²) in [6, 6.07) is 0. The molecule has 19 heavy (non-hydrogen) atoms. The molecule has 1 saturated carbocycles. The Morgan fingerprint density at radius 3 is 2.32 bits per heavy atom. The van der Waals surface area contributed by atoms with Gasteiger partial charge in [-0.1, -0.05) is 26.2 Å². The highest BCUT2D eigenvalue weighted by atomic mass is 16.5. The molecule has 1 saturated heterocycles. The van der Waals surface area contributed by atoms with Crippen LogP contribution in [0, 0.1) is 17.8 Å². The summed E-state index contributed by atoms with van der Waals surface area (Å²) in [6.45, 7) is 3.99. The molecule has 2 rings (SSSR count). The molecule has 110 valence electrons. The molecule has 0 N–H and O–H groups in total. The van der Waals surface area contributed by atoms with E-state index < -0.39 is 0 Å². The number of Topliss-reactive ketones (excluding diaryl/α,β-unsaturated/α-hetero) is 1. The van der Waals surface area contributed by atoms with Crippen LogP contribution in [-0.2, 0) is 9.53 Å². The van der Waals surface area contributed by atoms with E-state index in [4.69, 9.17) is 4.74 Å². The van der Waals surface area contributed by atoms with Crippen molar-refractivity contribution in [1.29, 1.82) is 0 Å². The first-order chi connectivity index (χ1) is 9.29. The topological polar surface area (TPSA) is 26.3 Å². The molecule has 0 aromatic heterocycles. The maximum absolute atomic E-state index is 12.3. The van der Waals surface area contributed by atoms with Crippen molar-refractivity contribution in [2.75, 3.05) is 13.2 Å². The highest BCUT2D eigenvalue weighted by molar-refractivity contribution is 5.81. The van der Waals surface area contributed by atoms with Gasteiger partial charge in [-0.25, -0.2) is 0 Å². The van der Waals surface area contributed by atoms with Gasteiger partial charge in [0.25, 0.3) is 0 Å². The number of unbranched alkanes of at least 4 members (excludes halogenated alkanes) is 1. The third kappa shape index (κ3) is 4.91. The fourth-order valence-electron chi connectivity index (χ4n) is 3.67. The first-order valence-corrected chi connectivity index (χ1v) is 8.40. The Kier molecular flexibility index (Phi) is 6.36. The van der Waals surface area contributed by atoms with Crippen molar-refractivity contribution in [1.82, 2.24) is 0 Å². The third-order valence-electron chi connectivity index (χ3n) is 5.10. The molecule has 0 spiro atoms. The summed E-state index contributed by atoms with van der Waals surface area (Å²) in [6.07, 6.45) is 12.0. The van der Waals surface area contributed by atoms with Gasteiger partial charge in [-0.3, -0.25) is 4.79 Å². The number of rotatable bonds is 6. The number of hydrogen-bond donors (Lipinski definition) is 0. The Morgan fingerprint density at radius 1 is 1.00 bits per heavy atom. The van der Waals surface area contributed by atoms with E-state index in [2.05, 4.69) is 6.92 Å². The normalized spacial score (nSPS) is 29.3. The van der Waals surface area contributed by atoms with Crippen LogP contribution in [-0.4, -0.2) is 19.0 Å². The van der Waals surface area contributed by atoms with E-state index in [1.807, 2.05) is 0 Å². The molecule has 1 heterocycles. The zero-order valence-electron chi connectivity index (χ0n) is 12.5. The molecule has 0 aromatic rings. The second-order valence-electron chi connectivity index (χ2n) is 6.59. The average molecular weight is 266 g/mol. The van der Waals surface area contributed by atoms with E-state index in [9.17, 15) is 4.79 Å². The fourth-order valence-corrected chi connectivity index (χ4v) is 3.67. The summed E-state index contributed by atoms with van der Waals surface area (Å²) in [5.74, 6) is 2.47. The zero-order valence-corrected chi connectivity index (χ0v) is 12.5. The van der Waals surface area contributed by atoms with E-state index in [1.165, 1.54) is 32.1 Å². The van der Waals surface area contributed by atoms with E-state index in [0.29, 0.717) is 17.6 Å². The lowest BCUT2D eigenvalue weighted by molar-refractivity contribution is -0.125. The SMILES string of the molecule is CCCCC1CCC(C(=O)CC2CCOCC2)CC1. The Hall–Kier alpha value is -0.370.